The predicted octanol–water partition coefficient (Wildman–Crippen LogP) is 4.43. The van der Waals surface area contributed by atoms with Crippen LogP contribution in [0.2, 0.25) is 18.1 Å². The number of esters is 2. The zero-order valence-electron chi connectivity index (χ0n) is 22.5. The van der Waals surface area contributed by atoms with Crippen molar-refractivity contribution in [2.75, 3.05) is 6.61 Å². The molecule has 0 N–H and O–H groups in total. The summed E-state index contributed by atoms with van der Waals surface area (Å²) in [6.07, 6.45) is -3.45. The van der Waals surface area contributed by atoms with Crippen molar-refractivity contribution in [3.8, 4) is 0 Å². The minimum atomic E-state index is -2.38. The molecular formula is C24H43NO8Si. The maximum absolute atomic E-state index is 13.8. The number of nitrogens with zero attached hydrogens (tertiary/aromatic N) is 1. The summed E-state index contributed by atoms with van der Waals surface area (Å²) in [5, 5.41) is 0. The van der Waals surface area contributed by atoms with Gasteiger partial charge in [-0.25, -0.2) is 14.5 Å². The molecule has 34 heavy (non-hydrogen) atoms. The highest BCUT2D eigenvalue weighted by atomic mass is 28.4. The van der Waals surface area contributed by atoms with Gasteiger partial charge in [-0.05, 0) is 51.7 Å². The minimum Gasteiger partial charge on any atom is -0.464 e. The zero-order valence-corrected chi connectivity index (χ0v) is 23.5. The summed E-state index contributed by atoms with van der Waals surface area (Å²) in [5.41, 5.74) is -2.94. The second kappa shape index (κ2) is 11.7. The van der Waals surface area contributed by atoms with E-state index in [1.165, 1.54) is 6.92 Å². The molecule has 0 unspecified atom stereocenters. The first-order valence-electron chi connectivity index (χ1n) is 12.2. The van der Waals surface area contributed by atoms with Crippen LogP contribution in [0.1, 0.15) is 75.7 Å². The molecule has 1 fully saturated rings. The van der Waals surface area contributed by atoms with Crippen LogP contribution in [0.4, 0.5) is 4.79 Å². The van der Waals surface area contributed by atoms with Crippen LogP contribution in [0.25, 0.3) is 0 Å². The molecule has 10 heteroatoms. The fourth-order valence-corrected chi connectivity index (χ4v) is 7.43. The summed E-state index contributed by atoms with van der Waals surface area (Å²) in [4.78, 5) is 53.6. The average molecular weight is 502 g/mol. The first-order valence-corrected chi connectivity index (χ1v) is 14.8. The molecular weight excluding hydrogens is 458 g/mol. The van der Waals surface area contributed by atoms with E-state index in [0.29, 0.717) is 0 Å². The molecule has 0 spiro atoms. The Labute approximate surface area is 204 Å². The summed E-state index contributed by atoms with van der Waals surface area (Å²) < 4.78 is 23.4. The first-order chi connectivity index (χ1) is 15.7. The Morgan fingerprint density at radius 1 is 1.09 bits per heavy atom. The third-order valence-electron chi connectivity index (χ3n) is 6.31. The largest absolute Gasteiger partial charge is 0.464 e. The van der Waals surface area contributed by atoms with Gasteiger partial charge in [0, 0.05) is 6.92 Å². The Kier molecular flexibility index (Phi) is 10.3. The lowest BCUT2D eigenvalue weighted by Gasteiger charge is -2.46. The van der Waals surface area contributed by atoms with E-state index >= 15 is 0 Å². The molecule has 0 aromatic rings. The molecule has 1 saturated heterocycles. The van der Waals surface area contributed by atoms with Gasteiger partial charge in [-0.15, -0.1) is 0 Å². The van der Waals surface area contributed by atoms with Crippen LogP contribution in [-0.4, -0.2) is 67.1 Å². The van der Waals surface area contributed by atoms with Crippen LogP contribution in [0.15, 0.2) is 0 Å². The molecule has 0 aliphatic carbocycles. The second-order valence-electron chi connectivity index (χ2n) is 10.1. The normalized spacial score (nSPS) is 22.0. The molecule has 0 bridgehead atoms. The van der Waals surface area contributed by atoms with Crippen molar-refractivity contribution in [2.24, 2.45) is 5.92 Å². The van der Waals surface area contributed by atoms with Crippen LogP contribution < -0.4 is 0 Å². The van der Waals surface area contributed by atoms with E-state index in [1.807, 2.05) is 20.8 Å². The van der Waals surface area contributed by atoms with Crippen molar-refractivity contribution in [1.29, 1.82) is 0 Å². The van der Waals surface area contributed by atoms with E-state index in [0.717, 1.165) is 23.0 Å². The fourth-order valence-electron chi connectivity index (χ4n) is 4.56. The smallest absolute Gasteiger partial charge is 0.418 e. The molecule has 1 heterocycles. The number of hydrogen-bond donors (Lipinski definition) is 0. The molecule has 3 atom stereocenters. The molecule has 9 nitrogen and oxygen atoms in total. The Hall–Kier alpha value is -1.94. The summed E-state index contributed by atoms with van der Waals surface area (Å²) >= 11 is 0. The molecule has 0 saturated carbocycles. The number of carbonyl (C=O) groups is 4. The van der Waals surface area contributed by atoms with E-state index in [1.54, 1.807) is 41.5 Å². The Morgan fingerprint density at radius 2 is 1.62 bits per heavy atom. The lowest BCUT2D eigenvalue weighted by Crippen LogP contribution is -2.70. The number of likely N-dealkylation sites (tertiary alicyclic amines) is 1. The second-order valence-corrected chi connectivity index (χ2v) is 14.8. The summed E-state index contributed by atoms with van der Waals surface area (Å²) in [6, 6.07) is 2.28. The van der Waals surface area contributed by atoms with Gasteiger partial charge < -0.3 is 18.6 Å². The van der Waals surface area contributed by atoms with Gasteiger partial charge in [-0.2, -0.15) is 0 Å². The highest BCUT2D eigenvalue weighted by Gasteiger charge is 2.69. The van der Waals surface area contributed by atoms with Crippen LogP contribution in [0.3, 0.4) is 0 Å². The van der Waals surface area contributed by atoms with Gasteiger partial charge in [0.25, 0.3) is 0 Å². The quantitative estimate of drug-likeness (QED) is 0.246. The van der Waals surface area contributed by atoms with E-state index in [2.05, 4.69) is 0 Å². The maximum Gasteiger partial charge on any atom is 0.418 e. The standard InChI is InChI=1S/C24H43NO8Si/c1-11-30-21(28)24(20(16(5)6)31-17(7)26)18(33-34(12-2,13-3)14-4)15-19(27)25(24)22(29)32-23(8,9)10/h16,18,20H,11-15H2,1-10H3/t18-,20-,24-/m0/s1. The van der Waals surface area contributed by atoms with Crippen LogP contribution in [0.5, 0.6) is 0 Å². The van der Waals surface area contributed by atoms with Crippen molar-refractivity contribution in [3.63, 3.8) is 0 Å². The van der Waals surface area contributed by atoms with Gasteiger partial charge in [0.15, 0.2) is 8.32 Å². The van der Waals surface area contributed by atoms with Crippen LogP contribution in [-0.2, 0) is 33.0 Å². The number of rotatable bonds is 10. The predicted molar refractivity (Wildman–Crippen MR) is 130 cm³/mol. The molecule has 0 radical (unpaired) electrons. The van der Waals surface area contributed by atoms with Gasteiger partial charge >= 0.3 is 18.0 Å². The monoisotopic (exact) mass is 501 g/mol. The Morgan fingerprint density at radius 3 is 2.00 bits per heavy atom. The number of ether oxygens (including phenoxy) is 3. The maximum atomic E-state index is 13.8. The Balaban J connectivity index is 3.93. The Bertz CT molecular complexity index is 750. The third kappa shape index (κ3) is 6.18. The number of carbonyl (C=O) groups excluding carboxylic acids is 4. The van der Waals surface area contributed by atoms with Crippen molar-refractivity contribution in [2.45, 2.75) is 117 Å². The topological polar surface area (TPSA) is 108 Å². The van der Waals surface area contributed by atoms with Gasteiger partial charge in [-0.3, -0.25) is 9.59 Å². The number of hydrogen-bond acceptors (Lipinski definition) is 8. The lowest BCUT2D eigenvalue weighted by molar-refractivity contribution is -0.185. The van der Waals surface area contributed by atoms with E-state index in [4.69, 9.17) is 18.6 Å². The first kappa shape index (κ1) is 30.1. The SMILES string of the molecule is CCOC(=O)[C@@]1([C@@H](OC(C)=O)C(C)C)[C@@H](O[Si](CC)(CC)CC)CC(=O)N1C(=O)OC(C)(C)C. The van der Waals surface area contributed by atoms with Crippen LogP contribution in [0, 0.1) is 5.92 Å². The lowest BCUT2D eigenvalue weighted by atomic mass is 9.81. The van der Waals surface area contributed by atoms with Crippen molar-refractivity contribution in [1.82, 2.24) is 4.90 Å². The van der Waals surface area contributed by atoms with Gasteiger partial charge in [-0.1, -0.05) is 34.6 Å². The molecule has 1 rings (SSSR count). The van der Waals surface area contributed by atoms with Gasteiger partial charge in [0.2, 0.25) is 11.4 Å². The molecule has 1 aliphatic rings. The summed E-state index contributed by atoms with van der Waals surface area (Å²) in [7, 11) is -2.38. The zero-order chi connectivity index (χ0) is 26.5. The molecule has 1 aliphatic heterocycles. The summed E-state index contributed by atoms with van der Waals surface area (Å²) in [5.74, 6) is -2.56. The van der Waals surface area contributed by atoms with Gasteiger partial charge in [0.05, 0.1) is 19.1 Å². The van der Waals surface area contributed by atoms with E-state index in [-0.39, 0.29) is 13.0 Å². The highest BCUT2D eigenvalue weighted by Crippen LogP contribution is 2.44. The molecule has 2 amide bonds. The highest BCUT2D eigenvalue weighted by molar-refractivity contribution is 6.73. The number of imide groups is 1. The molecule has 196 valence electrons. The van der Waals surface area contributed by atoms with Crippen molar-refractivity contribution >= 4 is 32.3 Å². The fraction of sp³-hybridized carbons (Fsp3) is 0.833. The van der Waals surface area contributed by atoms with Crippen molar-refractivity contribution < 1.29 is 37.8 Å². The number of amides is 2. The van der Waals surface area contributed by atoms with E-state index < -0.39 is 61.5 Å². The average Bonchev–Trinajstić information content (AvgIpc) is 3.01. The summed E-state index contributed by atoms with van der Waals surface area (Å²) in [6.45, 7) is 17.5. The minimum absolute atomic E-state index is 0.00639. The van der Waals surface area contributed by atoms with E-state index in [9.17, 15) is 19.2 Å². The molecule has 0 aromatic carbocycles. The van der Waals surface area contributed by atoms with Crippen molar-refractivity contribution in [3.05, 3.63) is 0 Å². The molecule has 0 aromatic heterocycles. The third-order valence-corrected chi connectivity index (χ3v) is 11.0. The van der Waals surface area contributed by atoms with Crippen LogP contribution >= 0.6 is 0 Å². The van der Waals surface area contributed by atoms with Gasteiger partial charge in [0.1, 0.15) is 11.7 Å².